The van der Waals surface area contributed by atoms with E-state index in [1.807, 2.05) is 0 Å². The van der Waals surface area contributed by atoms with Crippen LogP contribution in [0.25, 0.3) is 11.1 Å². The van der Waals surface area contributed by atoms with E-state index in [9.17, 15) is 13.6 Å². The lowest BCUT2D eigenvalue weighted by Crippen LogP contribution is -2.05. The fourth-order valence-electron chi connectivity index (χ4n) is 1.56. The molecule has 6 nitrogen and oxygen atoms in total. The number of benzene rings is 1. The van der Waals surface area contributed by atoms with E-state index in [2.05, 4.69) is 14.7 Å². The van der Waals surface area contributed by atoms with Crippen molar-refractivity contribution in [3.63, 3.8) is 0 Å². The first kappa shape index (κ1) is 13.7. The minimum absolute atomic E-state index is 0.0345. The van der Waals surface area contributed by atoms with Gasteiger partial charge in [0.1, 0.15) is 5.75 Å². The number of carboxylic acids is 1. The van der Waals surface area contributed by atoms with E-state index in [-0.39, 0.29) is 22.8 Å². The van der Waals surface area contributed by atoms with Crippen LogP contribution in [0, 0.1) is 0 Å². The summed E-state index contributed by atoms with van der Waals surface area (Å²) in [6.45, 7) is -3.08. The summed E-state index contributed by atoms with van der Waals surface area (Å²) in [5.74, 6) is -1.48. The SMILES string of the molecule is Nc1ncc(-c2ccc(C(=O)O)cc2OC(F)F)cn1. The highest BCUT2D eigenvalue weighted by Crippen LogP contribution is 2.31. The minimum Gasteiger partial charge on any atom is -0.478 e. The van der Waals surface area contributed by atoms with Crippen LogP contribution < -0.4 is 10.5 Å². The number of alkyl halides is 2. The summed E-state index contributed by atoms with van der Waals surface area (Å²) in [6.07, 6.45) is 2.66. The fourth-order valence-corrected chi connectivity index (χ4v) is 1.56. The molecule has 1 heterocycles. The van der Waals surface area contributed by atoms with Gasteiger partial charge in [0, 0.05) is 23.5 Å². The Morgan fingerprint density at radius 2 is 1.95 bits per heavy atom. The average molecular weight is 281 g/mol. The Labute approximate surface area is 111 Å². The van der Waals surface area contributed by atoms with Gasteiger partial charge in [-0.1, -0.05) is 0 Å². The Balaban J connectivity index is 2.50. The van der Waals surface area contributed by atoms with Crippen molar-refractivity contribution in [3.8, 4) is 16.9 Å². The molecule has 0 saturated carbocycles. The van der Waals surface area contributed by atoms with Gasteiger partial charge in [0.25, 0.3) is 0 Å². The fraction of sp³-hybridized carbons (Fsp3) is 0.0833. The van der Waals surface area contributed by atoms with Gasteiger partial charge in [0.2, 0.25) is 5.95 Å². The van der Waals surface area contributed by atoms with Crippen LogP contribution >= 0.6 is 0 Å². The van der Waals surface area contributed by atoms with Crippen molar-refractivity contribution in [3.05, 3.63) is 36.2 Å². The van der Waals surface area contributed by atoms with Gasteiger partial charge in [-0.25, -0.2) is 14.8 Å². The van der Waals surface area contributed by atoms with E-state index < -0.39 is 12.6 Å². The van der Waals surface area contributed by atoms with Crippen LogP contribution in [-0.2, 0) is 0 Å². The summed E-state index contributed by atoms with van der Waals surface area (Å²) in [5, 5.41) is 8.86. The Bertz CT molecular complexity index is 632. The summed E-state index contributed by atoms with van der Waals surface area (Å²) >= 11 is 0. The molecule has 8 heteroatoms. The van der Waals surface area contributed by atoms with Crippen LogP contribution in [0.4, 0.5) is 14.7 Å². The van der Waals surface area contributed by atoms with Gasteiger partial charge < -0.3 is 15.6 Å². The number of aromatic nitrogens is 2. The van der Waals surface area contributed by atoms with Gasteiger partial charge in [0.05, 0.1) is 5.56 Å². The first-order valence-corrected chi connectivity index (χ1v) is 5.37. The highest BCUT2D eigenvalue weighted by Gasteiger charge is 2.15. The molecule has 0 bridgehead atoms. The van der Waals surface area contributed by atoms with Gasteiger partial charge in [-0.2, -0.15) is 8.78 Å². The smallest absolute Gasteiger partial charge is 0.387 e. The highest BCUT2D eigenvalue weighted by molar-refractivity contribution is 5.89. The van der Waals surface area contributed by atoms with Gasteiger partial charge in [-0.05, 0) is 18.2 Å². The van der Waals surface area contributed by atoms with Crippen molar-refractivity contribution < 1.29 is 23.4 Å². The molecule has 0 radical (unpaired) electrons. The predicted molar refractivity (Wildman–Crippen MR) is 65.5 cm³/mol. The molecule has 0 saturated heterocycles. The normalized spacial score (nSPS) is 10.6. The zero-order valence-corrected chi connectivity index (χ0v) is 9.96. The zero-order valence-electron chi connectivity index (χ0n) is 9.96. The van der Waals surface area contributed by atoms with Crippen molar-refractivity contribution in [2.45, 2.75) is 6.61 Å². The minimum atomic E-state index is -3.08. The van der Waals surface area contributed by atoms with Crippen molar-refractivity contribution >= 4 is 11.9 Å². The topological polar surface area (TPSA) is 98.3 Å². The summed E-state index contributed by atoms with van der Waals surface area (Å²) in [5.41, 5.74) is 5.80. The van der Waals surface area contributed by atoms with Crippen LogP contribution in [0.1, 0.15) is 10.4 Å². The molecule has 2 aromatic rings. The number of carboxylic acid groups (broad SMARTS) is 1. The molecule has 0 aliphatic carbocycles. The largest absolute Gasteiger partial charge is 0.478 e. The molecule has 3 N–H and O–H groups in total. The van der Waals surface area contributed by atoms with Crippen LogP contribution in [0.15, 0.2) is 30.6 Å². The molecular weight excluding hydrogens is 272 g/mol. The molecule has 0 spiro atoms. The van der Waals surface area contributed by atoms with E-state index in [0.717, 1.165) is 6.07 Å². The second-order valence-electron chi connectivity index (χ2n) is 3.72. The molecule has 1 aromatic carbocycles. The monoisotopic (exact) mass is 281 g/mol. The van der Waals surface area contributed by atoms with E-state index in [1.165, 1.54) is 24.5 Å². The molecule has 0 aliphatic heterocycles. The van der Waals surface area contributed by atoms with Crippen LogP contribution in [0.3, 0.4) is 0 Å². The number of anilines is 1. The van der Waals surface area contributed by atoms with Gasteiger partial charge in [0.15, 0.2) is 0 Å². The Morgan fingerprint density at radius 3 is 2.50 bits per heavy atom. The van der Waals surface area contributed by atoms with Gasteiger partial charge in [-0.15, -0.1) is 0 Å². The van der Waals surface area contributed by atoms with E-state index >= 15 is 0 Å². The quantitative estimate of drug-likeness (QED) is 0.889. The number of ether oxygens (including phenoxy) is 1. The van der Waals surface area contributed by atoms with E-state index in [0.29, 0.717) is 5.56 Å². The zero-order chi connectivity index (χ0) is 14.7. The highest BCUT2D eigenvalue weighted by atomic mass is 19.3. The lowest BCUT2D eigenvalue weighted by atomic mass is 10.1. The first-order chi connectivity index (χ1) is 9.47. The molecule has 2 rings (SSSR count). The van der Waals surface area contributed by atoms with Crippen molar-refractivity contribution in [1.82, 2.24) is 9.97 Å². The molecule has 0 fully saturated rings. The maximum atomic E-state index is 12.4. The molecule has 0 aliphatic rings. The third-order valence-corrected chi connectivity index (χ3v) is 2.43. The number of hydrogen-bond donors (Lipinski definition) is 2. The number of nitrogen functional groups attached to an aromatic ring is 1. The number of halogens is 2. The second-order valence-corrected chi connectivity index (χ2v) is 3.72. The molecule has 104 valence electrons. The maximum Gasteiger partial charge on any atom is 0.387 e. The second kappa shape index (κ2) is 5.47. The van der Waals surface area contributed by atoms with Crippen molar-refractivity contribution in [2.24, 2.45) is 0 Å². The Morgan fingerprint density at radius 1 is 1.30 bits per heavy atom. The molecule has 0 unspecified atom stereocenters. The summed E-state index contributed by atoms with van der Waals surface area (Å²) in [7, 11) is 0. The molecule has 0 amide bonds. The number of aromatic carboxylic acids is 1. The van der Waals surface area contributed by atoms with Crippen LogP contribution in [0.2, 0.25) is 0 Å². The summed E-state index contributed by atoms with van der Waals surface area (Å²) < 4.78 is 29.1. The molecular formula is C12H9F2N3O3. The van der Waals surface area contributed by atoms with Crippen LogP contribution in [-0.4, -0.2) is 27.7 Å². The summed E-state index contributed by atoms with van der Waals surface area (Å²) in [4.78, 5) is 18.3. The lowest BCUT2D eigenvalue weighted by molar-refractivity contribution is -0.0495. The molecule has 1 aromatic heterocycles. The Kier molecular flexibility index (Phi) is 3.74. The molecule has 20 heavy (non-hydrogen) atoms. The van der Waals surface area contributed by atoms with Crippen molar-refractivity contribution in [1.29, 1.82) is 0 Å². The maximum absolute atomic E-state index is 12.4. The number of hydrogen-bond acceptors (Lipinski definition) is 5. The van der Waals surface area contributed by atoms with E-state index in [1.54, 1.807) is 0 Å². The Hall–Kier alpha value is -2.77. The van der Waals surface area contributed by atoms with Crippen molar-refractivity contribution in [2.75, 3.05) is 5.73 Å². The van der Waals surface area contributed by atoms with E-state index in [4.69, 9.17) is 10.8 Å². The standard InChI is InChI=1S/C12H9F2N3O3/c13-11(14)20-9-3-6(10(18)19)1-2-8(9)7-4-16-12(15)17-5-7/h1-5,11H,(H,18,19)(H2,15,16,17). The number of carbonyl (C=O) groups is 1. The van der Waals surface area contributed by atoms with Gasteiger partial charge in [-0.3, -0.25) is 0 Å². The average Bonchev–Trinajstić information content (AvgIpc) is 2.39. The number of nitrogens with zero attached hydrogens (tertiary/aromatic N) is 2. The summed E-state index contributed by atoms with van der Waals surface area (Å²) in [6, 6.07) is 3.63. The molecule has 0 atom stereocenters. The predicted octanol–water partition coefficient (Wildman–Crippen LogP) is 2.03. The number of rotatable bonds is 4. The lowest BCUT2D eigenvalue weighted by Gasteiger charge is -2.11. The third kappa shape index (κ3) is 2.97. The van der Waals surface area contributed by atoms with Crippen LogP contribution in [0.5, 0.6) is 5.75 Å². The first-order valence-electron chi connectivity index (χ1n) is 5.37. The third-order valence-electron chi connectivity index (χ3n) is 2.43. The number of nitrogens with two attached hydrogens (primary N) is 1. The van der Waals surface area contributed by atoms with Gasteiger partial charge >= 0.3 is 12.6 Å².